The number of carbonyl (C=O) groups is 2. The number of carboxylic acid groups (broad SMARTS) is 1. The third-order valence-electron chi connectivity index (χ3n) is 3.29. The topological polar surface area (TPSA) is 57.6 Å². The molecule has 0 radical (unpaired) electrons. The van der Waals surface area contributed by atoms with E-state index in [9.17, 15) is 9.59 Å². The van der Waals surface area contributed by atoms with Gasteiger partial charge < -0.3 is 10.0 Å². The Morgan fingerprint density at radius 2 is 1.94 bits per heavy atom. The van der Waals surface area contributed by atoms with E-state index >= 15 is 0 Å². The van der Waals surface area contributed by atoms with Crippen molar-refractivity contribution in [2.75, 3.05) is 13.1 Å². The number of hydrogen-bond acceptors (Lipinski definition) is 2. The molecule has 0 aromatic heterocycles. The van der Waals surface area contributed by atoms with Gasteiger partial charge in [-0.1, -0.05) is 12.8 Å². The summed E-state index contributed by atoms with van der Waals surface area (Å²) in [4.78, 5) is 24.0. The maximum Gasteiger partial charge on any atom is 0.323 e. The standard InChI is InChI=1S/C13H19NO3/c1-3-8-14(9-12(15)16)13(17)11-6-4-10(2)5-7-11/h1,10-11H,4-9H2,2H3,(H,15,16). The van der Waals surface area contributed by atoms with Gasteiger partial charge in [-0.2, -0.15) is 0 Å². The van der Waals surface area contributed by atoms with E-state index in [0.717, 1.165) is 25.7 Å². The molecule has 0 unspecified atom stereocenters. The second kappa shape index (κ2) is 6.29. The van der Waals surface area contributed by atoms with E-state index in [0.29, 0.717) is 5.92 Å². The molecule has 0 atom stereocenters. The van der Waals surface area contributed by atoms with Crippen molar-refractivity contribution >= 4 is 11.9 Å². The molecule has 0 heterocycles. The van der Waals surface area contributed by atoms with Gasteiger partial charge in [0.2, 0.25) is 5.91 Å². The molecule has 4 nitrogen and oxygen atoms in total. The highest BCUT2D eigenvalue weighted by Gasteiger charge is 2.28. The summed E-state index contributed by atoms with van der Waals surface area (Å²) in [6.45, 7) is 1.96. The highest BCUT2D eigenvalue weighted by molar-refractivity contribution is 5.83. The first-order chi connectivity index (χ1) is 8.04. The molecule has 0 bridgehead atoms. The van der Waals surface area contributed by atoms with Crippen molar-refractivity contribution in [2.45, 2.75) is 32.6 Å². The van der Waals surface area contributed by atoms with Crippen LogP contribution in [0.25, 0.3) is 0 Å². The molecule has 0 saturated heterocycles. The van der Waals surface area contributed by atoms with Crippen LogP contribution in [0.1, 0.15) is 32.6 Å². The van der Waals surface area contributed by atoms with Crippen molar-refractivity contribution in [3.05, 3.63) is 0 Å². The van der Waals surface area contributed by atoms with E-state index in [-0.39, 0.29) is 24.9 Å². The zero-order chi connectivity index (χ0) is 12.8. The summed E-state index contributed by atoms with van der Waals surface area (Å²) >= 11 is 0. The lowest BCUT2D eigenvalue weighted by atomic mass is 9.82. The molecule has 4 heteroatoms. The van der Waals surface area contributed by atoms with Crippen molar-refractivity contribution in [2.24, 2.45) is 11.8 Å². The molecule has 1 fully saturated rings. The molecule has 0 aromatic carbocycles. The van der Waals surface area contributed by atoms with Crippen LogP contribution in [0.2, 0.25) is 0 Å². The van der Waals surface area contributed by atoms with Gasteiger partial charge in [-0.3, -0.25) is 9.59 Å². The Labute approximate surface area is 102 Å². The molecule has 1 saturated carbocycles. The van der Waals surface area contributed by atoms with Gasteiger partial charge in [-0.15, -0.1) is 6.42 Å². The van der Waals surface area contributed by atoms with Crippen LogP contribution >= 0.6 is 0 Å². The summed E-state index contributed by atoms with van der Waals surface area (Å²) in [7, 11) is 0. The van der Waals surface area contributed by atoms with E-state index in [1.54, 1.807) is 0 Å². The lowest BCUT2D eigenvalue weighted by Crippen LogP contribution is -2.40. The number of nitrogens with zero attached hydrogens (tertiary/aromatic N) is 1. The predicted molar refractivity (Wildman–Crippen MR) is 64.2 cm³/mol. The summed E-state index contributed by atoms with van der Waals surface area (Å²) in [5, 5.41) is 8.74. The molecule has 0 spiro atoms. The molecule has 94 valence electrons. The van der Waals surface area contributed by atoms with Crippen LogP contribution in [-0.2, 0) is 9.59 Å². The van der Waals surface area contributed by atoms with E-state index in [1.807, 2.05) is 0 Å². The molecule has 1 N–H and O–H groups in total. The average Bonchev–Trinajstić information content (AvgIpc) is 2.28. The minimum Gasteiger partial charge on any atom is -0.480 e. The van der Waals surface area contributed by atoms with Gasteiger partial charge in [0, 0.05) is 5.92 Å². The average molecular weight is 237 g/mol. The molecule has 0 aliphatic heterocycles. The fraction of sp³-hybridized carbons (Fsp3) is 0.692. The first kappa shape index (κ1) is 13.6. The Bertz CT molecular complexity index is 324. The van der Waals surface area contributed by atoms with Gasteiger partial charge in [0.25, 0.3) is 0 Å². The summed E-state index contributed by atoms with van der Waals surface area (Å²) in [5.41, 5.74) is 0. The van der Waals surface area contributed by atoms with E-state index < -0.39 is 5.97 Å². The van der Waals surface area contributed by atoms with Crippen LogP contribution in [-0.4, -0.2) is 35.0 Å². The van der Waals surface area contributed by atoms with Crippen molar-refractivity contribution in [1.29, 1.82) is 0 Å². The zero-order valence-corrected chi connectivity index (χ0v) is 10.2. The van der Waals surface area contributed by atoms with Crippen molar-refractivity contribution in [3.63, 3.8) is 0 Å². The highest BCUT2D eigenvalue weighted by Crippen LogP contribution is 2.29. The van der Waals surface area contributed by atoms with Crippen molar-refractivity contribution < 1.29 is 14.7 Å². The van der Waals surface area contributed by atoms with Gasteiger partial charge in [-0.05, 0) is 31.6 Å². The largest absolute Gasteiger partial charge is 0.480 e. The number of carbonyl (C=O) groups excluding carboxylic acids is 1. The maximum atomic E-state index is 12.1. The summed E-state index contributed by atoms with van der Waals surface area (Å²) in [5.74, 6) is 1.85. The molecule has 1 rings (SSSR count). The van der Waals surface area contributed by atoms with Crippen LogP contribution in [0, 0.1) is 24.2 Å². The molecule has 0 aromatic rings. The fourth-order valence-electron chi connectivity index (χ4n) is 2.25. The Kier molecular flexibility index (Phi) is 5.02. The Hall–Kier alpha value is -1.50. The first-order valence-corrected chi connectivity index (χ1v) is 5.98. The second-order valence-electron chi connectivity index (χ2n) is 4.75. The smallest absolute Gasteiger partial charge is 0.323 e. The predicted octanol–water partition coefficient (Wildman–Crippen LogP) is 1.36. The van der Waals surface area contributed by atoms with Gasteiger partial charge in [-0.25, -0.2) is 0 Å². The number of aliphatic carboxylic acids is 1. The molecule has 1 aliphatic carbocycles. The molecule has 1 aliphatic rings. The third-order valence-corrected chi connectivity index (χ3v) is 3.29. The number of amides is 1. The Balaban J connectivity index is 2.58. The highest BCUT2D eigenvalue weighted by atomic mass is 16.4. The third kappa shape index (κ3) is 4.10. The first-order valence-electron chi connectivity index (χ1n) is 5.98. The van der Waals surface area contributed by atoms with Crippen LogP contribution in [0.4, 0.5) is 0 Å². The minimum absolute atomic E-state index is 0.0427. The maximum absolute atomic E-state index is 12.1. The lowest BCUT2D eigenvalue weighted by molar-refractivity contribution is -0.146. The summed E-state index contributed by atoms with van der Waals surface area (Å²) in [6.07, 6.45) is 8.92. The van der Waals surface area contributed by atoms with Gasteiger partial charge in [0.1, 0.15) is 6.54 Å². The van der Waals surface area contributed by atoms with E-state index in [2.05, 4.69) is 12.8 Å². The Morgan fingerprint density at radius 3 is 2.41 bits per heavy atom. The van der Waals surface area contributed by atoms with Crippen LogP contribution in [0.5, 0.6) is 0 Å². The quantitative estimate of drug-likeness (QED) is 0.751. The second-order valence-corrected chi connectivity index (χ2v) is 4.75. The zero-order valence-electron chi connectivity index (χ0n) is 10.2. The normalized spacial score (nSPS) is 23.8. The van der Waals surface area contributed by atoms with Crippen LogP contribution in [0.15, 0.2) is 0 Å². The minimum atomic E-state index is -1.02. The number of rotatable bonds is 4. The summed E-state index contributed by atoms with van der Waals surface area (Å²) in [6, 6.07) is 0. The van der Waals surface area contributed by atoms with Gasteiger partial charge in [0.15, 0.2) is 0 Å². The SMILES string of the molecule is C#CCN(CC(=O)O)C(=O)C1CCC(C)CC1. The monoisotopic (exact) mass is 237 g/mol. The molecular formula is C13H19NO3. The fourth-order valence-corrected chi connectivity index (χ4v) is 2.25. The van der Waals surface area contributed by atoms with E-state index in [4.69, 9.17) is 11.5 Å². The Morgan fingerprint density at radius 1 is 1.35 bits per heavy atom. The lowest BCUT2D eigenvalue weighted by Gasteiger charge is -2.29. The number of hydrogen-bond donors (Lipinski definition) is 1. The summed E-state index contributed by atoms with van der Waals surface area (Å²) < 4.78 is 0. The number of terminal acetylenes is 1. The van der Waals surface area contributed by atoms with Gasteiger partial charge in [0.05, 0.1) is 6.54 Å². The van der Waals surface area contributed by atoms with Gasteiger partial charge >= 0.3 is 5.97 Å². The molecular weight excluding hydrogens is 218 g/mol. The molecule has 1 amide bonds. The number of carboxylic acids is 1. The van der Waals surface area contributed by atoms with Crippen LogP contribution < -0.4 is 0 Å². The van der Waals surface area contributed by atoms with Crippen molar-refractivity contribution in [1.82, 2.24) is 4.90 Å². The van der Waals surface area contributed by atoms with Crippen molar-refractivity contribution in [3.8, 4) is 12.3 Å². The van der Waals surface area contributed by atoms with Crippen LogP contribution in [0.3, 0.4) is 0 Å². The molecule has 17 heavy (non-hydrogen) atoms. The van der Waals surface area contributed by atoms with E-state index in [1.165, 1.54) is 4.90 Å².